The number of carbonyl (C=O) groups is 1. The zero-order chi connectivity index (χ0) is 48.1. The van der Waals surface area contributed by atoms with Crippen molar-refractivity contribution < 1.29 is 47.8 Å². The molecule has 0 spiro atoms. The maximum Gasteiger partial charge on any atom is 0.302 e. The van der Waals surface area contributed by atoms with Crippen LogP contribution in [-0.2, 0) is 62.5 Å². The molecule has 0 radical (unpaired) electrons. The van der Waals surface area contributed by atoms with Gasteiger partial charge in [0.2, 0.25) is 0 Å². The molecule has 0 amide bonds. The van der Waals surface area contributed by atoms with Crippen LogP contribution in [0, 0.1) is 5.92 Å². The summed E-state index contributed by atoms with van der Waals surface area (Å²) in [7, 11) is 0. The molecule has 3 aliphatic heterocycles. The maximum absolute atomic E-state index is 13.5. The van der Waals surface area contributed by atoms with Gasteiger partial charge in [0.05, 0.1) is 43.7 Å². The average Bonchev–Trinajstić information content (AvgIpc) is 3.78. The zero-order valence-electron chi connectivity index (χ0n) is 40.7. The summed E-state index contributed by atoms with van der Waals surface area (Å²) < 4.78 is 54.1. The number of hydrogen-bond donors (Lipinski definition) is 1. The van der Waals surface area contributed by atoms with Crippen LogP contribution in [0.2, 0.25) is 0 Å². The summed E-state index contributed by atoms with van der Waals surface area (Å²) >= 11 is 3.54. The smallest absolute Gasteiger partial charge is 0.302 e. The molecule has 3 fully saturated rings. The molecule has 68 heavy (non-hydrogen) atoms. The summed E-state index contributed by atoms with van der Waals surface area (Å²) in [6.07, 6.45) is 4.84. The van der Waals surface area contributed by atoms with Crippen LogP contribution in [0.4, 0.5) is 0 Å². The van der Waals surface area contributed by atoms with Crippen LogP contribution in [0.15, 0.2) is 127 Å². The maximum atomic E-state index is 13.5. The second-order valence-corrected chi connectivity index (χ2v) is 22.4. The molecule has 10 nitrogen and oxygen atoms in total. The van der Waals surface area contributed by atoms with E-state index in [0.29, 0.717) is 32.5 Å². The highest BCUT2D eigenvalue weighted by atomic mass is 32.2. The molecular formula is C56H72O10S2. The van der Waals surface area contributed by atoms with E-state index < -0.39 is 45.2 Å². The lowest BCUT2D eigenvalue weighted by Gasteiger charge is -2.52. The SMILES string of the molecule is CC(=O)O[C@H](CCCC1([C@H](O)[C@H]2OC(C)(C)O[C@@]2(COCc2ccccc2)[C@@]2(COCc3ccccc3)OC(C)(C)O[C@@H]2COCc2ccccc2)SCCCS1)[C@H](C)C/C=C/c1ccccc1. The van der Waals surface area contributed by atoms with E-state index in [1.165, 1.54) is 6.92 Å². The second kappa shape index (κ2) is 24.1. The monoisotopic (exact) mass is 968 g/mol. The van der Waals surface area contributed by atoms with Crippen LogP contribution in [0.1, 0.15) is 95.9 Å². The van der Waals surface area contributed by atoms with E-state index in [0.717, 1.165) is 46.6 Å². The fraction of sp³-hybridized carbons (Fsp3) is 0.518. The third-order valence-electron chi connectivity index (χ3n) is 12.9. The largest absolute Gasteiger partial charge is 0.462 e. The van der Waals surface area contributed by atoms with Gasteiger partial charge in [0.15, 0.2) is 22.8 Å². The number of esters is 1. The molecule has 0 aromatic heterocycles. The molecule has 0 saturated carbocycles. The van der Waals surface area contributed by atoms with Gasteiger partial charge < -0.3 is 43.0 Å². The summed E-state index contributed by atoms with van der Waals surface area (Å²) in [4.78, 5) is 12.5. The van der Waals surface area contributed by atoms with Crippen molar-refractivity contribution >= 4 is 35.6 Å². The Morgan fingerprint density at radius 2 is 1.22 bits per heavy atom. The molecule has 0 bridgehead atoms. The molecule has 1 N–H and O–H groups in total. The van der Waals surface area contributed by atoms with Crippen molar-refractivity contribution in [2.75, 3.05) is 31.3 Å². The predicted octanol–water partition coefficient (Wildman–Crippen LogP) is 11.2. The first kappa shape index (κ1) is 52.3. The van der Waals surface area contributed by atoms with Gasteiger partial charge in [-0.25, -0.2) is 0 Å². The molecule has 12 heteroatoms. The van der Waals surface area contributed by atoms with Crippen molar-refractivity contribution in [1.82, 2.24) is 0 Å². The Kier molecular flexibility index (Phi) is 18.5. The van der Waals surface area contributed by atoms with Gasteiger partial charge in [-0.15, -0.1) is 23.5 Å². The van der Waals surface area contributed by atoms with Crippen molar-refractivity contribution in [3.05, 3.63) is 150 Å². The van der Waals surface area contributed by atoms with Crippen molar-refractivity contribution in [2.45, 2.75) is 145 Å². The minimum atomic E-state index is -1.51. The van der Waals surface area contributed by atoms with E-state index in [-0.39, 0.29) is 44.4 Å². The van der Waals surface area contributed by atoms with Gasteiger partial charge >= 0.3 is 5.97 Å². The zero-order valence-corrected chi connectivity index (χ0v) is 42.4. The van der Waals surface area contributed by atoms with E-state index >= 15 is 0 Å². The van der Waals surface area contributed by atoms with Gasteiger partial charge in [-0.2, -0.15) is 0 Å². The Hall–Kier alpha value is -3.53. The number of allylic oxidation sites excluding steroid dienone is 1. The molecule has 3 saturated heterocycles. The quantitative estimate of drug-likeness (QED) is 0.0675. The fourth-order valence-electron chi connectivity index (χ4n) is 9.83. The van der Waals surface area contributed by atoms with Crippen molar-refractivity contribution in [3.63, 3.8) is 0 Å². The first-order chi connectivity index (χ1) is 32.7. The van der Waals surface area contributed by atoms with Crippen molar-refractivity contribution in [2.24, 2.45) is 5.92 Å². The number of rotatable bonds is 24. The van der Waals surface area contributed by atoms with E-state index in [1.54, 1.807) is 23.5 Å². The Morgan fingerprint density at radius 3 is 1.78 bits per heavy atom. The third-order valence-corrected chi connectivity index (χ3v) is 16.5. The lowest BCUT2D eigenvalue weighted by molar-refractivity contribution is -0.275. The number of thioether (sulfide) groups is 2. The summed E-state index contributed by atoms with van der Waals surface area (Å²) in [6.45, 7) is 12.2. The van der Waals surface area contributed by atoms with E-state index in [2.05, 4.69) is 31.2 Å². The molecule has 7 rings (SSSR count). The lowest BCUT2D eigenvalue weighted by atomic mass is 9.73. The number of benzene rings is 4. The highest BCUT2D eigenvalue weighted by Gasteiger charge is 2.75. The van der Waals surface area contributed by atoms with Gasteiger partial charge in [0.1, 0.15) is 24.4 Å². The van der Waals surface area contributed by atoms with Gasteiger partial charge in [0, 0.05) is 6.92 Å². The van der Waals surface area contributed by atoms with Crippen LogP contribution < -0.4 is 0 Å². The standard InChI is InChI=1S/C56H72O10S2/c1-42(22-19-31-44-23-11-7-12-24-44)48(62-43(2)57)32-20-33-56(67-34-21-35-68-56)50(58)51-55(66-53(5,6)64-51,41-61-38-47-29-17-10-18-30-47)54(40-60-37-46-27-15-9-16-28-46)49(63-52(3,4)65-54)39-59-36-45-25-13-8-14-26-45/h7-19,23-31,42,48-51,58H,20-22,32-41H2,1-6H3/b31-19+/t42-,48-,49-,50-,51-,54+,55-/m1/s1. The molecule has 3 aliphatic rings. The number of ether oxygens (including phenoxy) is 8. The molecule has 4 aromatic carbocycles. The number of carbonyl (C=O) groups excluding carboxylic acids is 1. The summed E-state index contributed by atoms with van der Waals surface area (Å²) in [5.41, 5.74) is 1.18. The van der Waals surface area contributed by atoms with Crippen LogP contribution in [-0.4, -0.2) is 93.7 Å². The summed E-state index contributed by atoms with van der Waals surface area (Å²) in [5, 5.41) is 13.5. The van der Waals surface area contributed by atoms with Crippen LogP contribution in [0.3, 0.4) is 0 Å². The van der Waals surface area contributed by atoms with Crippen molar-refractivity contribution in [3.8, 4) is 0 Å². The molecule has 368 valence electrons. The van der Waals surface area contributed by atoms with E-state index in [1.807, 2.05) is 137 Å². The Labute approximate surface area is 413 Å². The second-order valence-electron chi connectivity index (χ2n) is 19.3. The van der Waals surface area contributed by atoms with Crippen LogP contribution in [0.25, 0.3) is 6.08 Å². The fourth-order valence-corrected chi connectivity index (χ4v) is 13.3. The summed E-state index contributed by atoms with van der Waals surface area (Å²) in [6, 6.07) is 40.3. The molecule has 3 heterocycles. The average molecular weight is 969 g/mol. The van der Waals surface area contributed by atoms with Crippen LogP contribution in [0.5, 0.6) is 0 Å². The minimum Gasteiger partial charge on any atom is -0.462 e. The molecule has 0 unspecified atom stereocenters. The summed E-state index contributed by atoms with van der Waals surface area (Å²) in [5.74, 6) is -0.824. The topological polar surface area (TPSA) is 111 Å². The molecule has 0 aliphatic carbocycles. The predicted molar refractivity (Wildman–Crippen MR) is 271 cm³/mol. The lowest BCUT2D eigenvalue weighted by Crippen LogP contribution is -2.73. The normalized spacial score (nSPS) is 25.5. The van der Waals surface area contributed by atoms with Gasteiger partial charge in [-0.1, -0.05) is 140 Å². The van der Waals surface area contributed by atoms with Gasteiger partial charge in [0.25, 0.3) is 0 Å². The Morgan fingerprint density at radius 1 is 0.721 bits per heavy atom. The van der Waals surface area contributed by atoms with Gasteiger partial charge in [-0.05, 0) is 99.5 Å². The molecule has 4 aromatic rings. The van der Waals surface area contributed by atoms with E-state index in [4.69, 9.17) is 37.9 Å². The van der Waals surface area contributed by atoms with Crippen LogP contribution >= 0.6 is 23.5 Å². The number of aliphatic hydroxyl groups excluding tert-OH is 1. The molecular weight excluding hydrogens is 897 g/mol. The highest BCUT2D eigenvalue weighted by Crippen LogP contribution is 2.58. The van der Waals surface area contributed by atoms with Crippen molar-refractivity contribution in [1.29, 1.82) is 0 Å². The minimum absolute atomic E-state index is 0.00992. The first-order valence-electron chi connectivity index (χ1n) is 24.2. The third kappa shape index (κ3) is 13.5. The number of aliphatic hydroxyl groups is 1. The first-order valence-corrected chi connectivity index (χ1v) is 26.2. The Balaban J connectivity index is 1.24. The number of hydrogen-bond acceptors (Lipinski definition) is 12. The van der Waals surface area contributed by atoms with Gasteiger partial charge in [-0.3, -0.25) is 4.79 Å². The Bertz CT molecular complexity index is 2150. The molecule has 7 atom stereocenters. The van der Waals surface area contributed by atoms with E-state index in [9.17, 15) is 9.90 Å². The highest BCUT2D eigenvalue weighted by molar-refractivity contribution is 8.18.